The Labute approximate surface area is 218 Å². The Morgan fingerprint density at radius 3 is 2.41 bits per heavy atom. The van der Waals surface area contributed by atoms with Crippen LogP contribution in [0.25, 0.3) is 0 Å². The number of rotatable bonds is 8. The lowest BCUT2D eigenvalue weighted by Crippen LogP contribution is -2.56. The van der Waals surface area contributed by atoms with Gasteiger partial charge >= 0.3 is 6.18 Å². The minimum Gasteiger partial charge on any atom is -0.467 e. The molecule has 4 rings (SSSR count). The maximum Gasteiger partial charge on any atom is 0.421 e. The second-order valence-electron chi connectivity index (χ2n) is 8.89. The van der Waals surface area contributed by atoms with E-state index in [-0.39, 0.29) is 43.3 Å². The first-order valence-electron chi connectivity index (χ1n) is 11.5. The molecule has 3 aromatic rings. The largest absolute Gasteiger partial charge is 0.467 e. The van der Waals surface area contributed by atoms with Gasteiger partial charge in [-0.2, -0.15) is 17.5 Å². The van der Waals surface area contributed by atoms with Crippen LogP contribution in [-0.2, 0) is 27.0 Å². The number of aliphatic hydroxyl groups is 1. The third kappa shape index (κ3) is 5.83. The summed E-state index contributed by atoms with van der Waals surface area (Å²) >= 11 is 4.30. The lowest BCUT2D eigenvalue weighted by Gasteiger charge is -2.42. The summed E-state index contributed by atoms with van der Waals surface area (Å²) in [6, 6.07) is 14.9. The maximum absolute atomic E-state index is 13.4. The second kappa shape index (κ2) is 10.7. The molecule has 2 atom stereocenters. The van der Waals surface area contributed by atoms with Gasteiger partial charge < -0.3 is 19.2 Å². The molecule has 1 aliphatic rings. The zero-order chi connectivity index (χ0) is 26.8. The third-order valence-corrected chi connectivity index (χ3v) is 8.84. The van der Waals surface area contributed by atoms with Crippen LogP contribution in [0.3, 0.4) is 0 Å². The normalized spacial score (nSPS) is 19.1. The van der Waals surface area contributed by atoms with E-state index in [4.69, 9.17) is 9.15 Å². The third-order valence-electron chi connectivity index (χ3n) is 6.38. The van der Waals surface area contributed by atoms with Crippen molar-refractivity contribution in [2.75, 3.05) is 31.1 Å². The fraction of sp³-hybridized carbons (Fsp3) is 0.360. The van der Waals surface area contributed by atoms with Crippen LogP contribution in [0.2, 0.25) is 0 Å². The van der Waals surface area contributed by atoms with Crippen molar-refractivity contribution < 1.29 is 35.8 Å². The van der Waals surface area contributed by atoms with Gasteiger partial charge in [0.1, 0.15) is 12.4 Å². The highest BCUT2D eigenvalue weighted by molar-refractivity contribution is 7.90. The van der Waals surface area contributed by atoms with E-state index >= 15 is 0 Å². The fourth-order valence-electron chi connectivity index (χ4n) is 4.17. The molecule has 0 bridgehead atoms. The Hall–Kier alpha value is -2.51. The van der Waals surface area contributed by atoms with Gasteiger partial charge in [0.15, 0.2) is 5.60 Å². The van der Waals surface area contributed by atoms with Gasteiger partial charge in [0.25, 0.3) is 0 Å². The zero-order valence-corrected chi connectivity index (χ0v) is 21.6. The van der Waals surface area contributed by atoms with E-state index in [9.17, 15) is 26.7 Å². The van der Waals surface area contributed by atoms with Crippen molar-refractivity contribution in [2.45, 2.75) is 41.1 Å². The predicted molar refractivity (Wildman–Crippen MR) is 134 cm³/mol. The molecule has 7 nitrogen and oxygen atoms in total. The number of anilines is 1. The van der Waals surface area contributed by atoms with Gasteiger partial charge in [-0.05, 0) is 48.9 Å². The molecular formula is C25H27F3N2O5S2. The van der Waals surface area contributed by atoms with Crippen LogP contribution in [0.5, 0.6) is 0 Å². The minimum atomic E-state index is -4.83. The van der Waals surface area contributed by atoms with Gasteiger partial charge in [-0.3, -0.25) is 0 Å². The quantitative estimate of drug-likeness (QED) is 0.400. The van der Waals surface area contributed by atoms with Gasteiger partial charge in [-0.15, -0.1) is 12.6 Å². The molecule has 1 aliphatic heterocycles. The molecule has 0 amide bonds. The highest BCUT2D eigenvalue weighted by Crippen LogP contribution is 2.39. The molecule has 0 spiro atoms. The molecule has 0 saturated carbocycles. The van der Waals surface area contributed by atoms with Crippen LogP contribution < -0.4 is 4.90 Å². The standard InChI is InChI=1S/C25H27F3N2O5S2/c1-24(31,25(26,27)28)18-8-10-19(11-9-18)30-13-12-29(37(32,33)23-7-3-2-6-22(23)36)15-20(30)16-34-17-21-5-4-14-35-21/h2-11,14,20,31,36H,12-13,15-17H2,1H3/t20-,24-/m1/s1. The molecule has 0 aliphatic carbocycles. The van der Waals surface area contributed by atoms with E-state index in [0.29, 0.717) is 23.3 Å². The number of halogens is 3. The second-order valence-corrected chi connectivity index (χ2v) is 11.3. The maximum atomic E-state index is 13.4. The molecule has 12 heteroatoms. The number of furan rings is 1. The molecule has 2 aromatic carbocycles. The number of thiol groups is 1. The van der Waals surface area contributed by atoms with E-state index in [1.165, 1.54) is 40.9 Å². The smallest absolute Gasteiger partial charge is 0.421 e. The summed E-state index contributed by atoms with van der Waals surface area (Å²) in [6.07, 6.45) is -3.31. The number of nitrogens with zero attached hydrogens (tertiary/aromatic N) is 2. The van der Waals surface area contributed by atoms with Crippen molar-refractivity contribution in [3.05, 3.63) is 78.3 Å². The van der Waals surface area contributed by atoms with E-state index in [2.05, 4.69) is 12.6 Å². The molecule has 1 fully saturated rings. The summed E-state index contributed by atoms with van der Waals surface area (Å²) in [7, 11) is -3.84. The number of piperazine rings is 1. The molecule has 1 N–H and O–H groups in total. The first-order valence-corrected chi connectivity index (χ1v) is 13.3. The van der Waals surface area contributed by atoms with Gasteiger partial charge in [0.2, 0.25) is 10.0 Å². The molecule has 1 saturated heterocycles. The van der Waals surface area contributed by atoms with Crippen LogP contribution in [0, 0.1) is 0 Å². The van der Waals surface area contributed by atoms with Crippen LogP contribution in [-0.4, -0.2) is 56.3 Å². The fourth-order valence-corrected chi connectivity index (χ4v) is 6.23. The molecule has 2 heterocycles. The highest BCUT2D eigenvalue weighted by atomic mass is 32.2. The Morgan fingerprint density at radius 1 is 1.08 bits per heavy atom. The van der Waals surface area contributed by atoms with Crippen molar-refractivity contribution in [3.8, 4) is 0 Å². The van der Waals surface area contributed by atoms with Crippen molar-refractivity contribution in [1.82, 2.24) is 4.31 Å². The summed E-state index contributed by atoms with van der Waals surface area (Å²) in [5.41, 5.74) is -2.70. The number of sulfonamides is 1. The lowest BCUT2D eigenvalue weighted by molar-refractivity contribution is -0.258. The Bertz CT molecular complexity index is 1300. The van der Waals surface area contributed by atoms with Crippen LogP contribution in [0.15, 0.2) is 81.1 Å². The topological polar surface area (TPSA) is 83.2 Å². The summed E-state index contributed by atoms with van der Waals surface area (Å²) < 4.78 is 79.0. The summed E-state index contributed by atoms with van der Waals surface area (Å²) in [6.45, 7) is 1.54. The average Bonchev–Trinajstić information content (AvgIpc) is 3.37. The number of alkyl halides is 3. The number of hydrogen-bond donors (Lipinski definition) is 2. The van der Waals surface area contributed by atoms with Crippen molar-refractivity contribution in [1.29, 1.82) is 0 Å². The molecule has 37 heavy (non-hydrogen) atoms. The number of ether oxygens (including phenoxy) is 1. The first-order chi connectivity index (χ1) is 17.4. The molecule has 200 valence electrons. The van der Waals surface area contributed by atoms with Gasteiger partial charge in [-0.25, -0.2) is 8.42 Å². The van der Waals surface area contributed by atoms with E-state index in [1.807, 2.05) is 4.90 Å². The van der Waals surface area contributed by atoms with Gasteiger partial charge in [-0.1, -0.05) is 24.3 Å². The first kappa shape index (κ1) is 27.5. The van der Waals surface area contributed by atoms with E-state index in [1.54, 1.807) is 30.3 Å². The molecule has 0 radical (unpaired) electrons. The van der Waals surface area contributed by atoms with E-state index < -0.39 is 27.8 Å². The molecule has 1 aromatic heterocycles. The molecule has 0 unspecified atom stereocenters. The van der Waals surface area contributed by atoms with Gasteiger partial charge in [0.05, 0.1) is 23.8 Å². The van der Waals surface area contributed by atoms with Crippen molar-refractivity contribution >= 4 is 28.3 Å². The van der Waals surface area contributed by atoms with Crippen LogP contribution in [0.1, 0.15) is 18.2 Å². The average molecular weight is 557 g/mol. The lowest BCUT2D eigenvalue weighted by atomic mass is 9.95. The highest BCUT2D eigenvalue weighted by Gasteiger charge is 2.51. The van der Waals surface area contributed by atoms with Crippen molar-refractivity contribution in [3.63, 3.8) is 0 Å². The Morgan fingerprint density at radius 2 is 1.78 bits per heavy atom. The van der Waals surface area contributed by atoms with Crippen LogP contribution in [0.4, 0.5) is 18.9 Å². The predicted octanol–water partition coefficient (Wildman–Crippen LogP) is 4.43. The van der Waals surface area contributed by atoms with Gasteiger partial charge in [0, 0.05) is 30.2 Å². The van der Waals surface area contributed by atoms with E-state index in [0.717, 1.165) is 0 Å². The van der Waals surface area contributed by atoms with Crippen molar-refractivity contribution in [2.24, 2.45) is 0 Å². The number of hydrogen-bond acceptors (Lipinski definition) is 7. The summed E-state index contributed by atoms with van der Waals surface area (Å²) in [5, 5.41) is 9.99. The Kier molecular flexibility index (Phi) is 7.96. The molecular weight excluding hydrogens is 529 g/mol. The number of benzene rings is 2. The summed E-state index contributed by atoms with van der Waals surface area (Å²) in [5.74, 6) is 0.606. The Balaban J connectivity index is 1.57. The SMILES string of the molecule is C[C@@](O)(c1ccc(N2CCN(S(=O)(=O)c3ccccc3S)C[C@@H]2COCc2ccco2)cc1)C(F)(F)F. The van der Waals surface area contributed by atoms with Crippen LogP contribution >= 0.6 is 12.6 Å². The minimum absolute atomic E-state index is 0.0879. The monoisotopic (exact) mass is 556 g/mol. The zero-order valence-electron chi connectivity index (χ0n) is 19.9. The summed E-state index contributed by atoms with van der Waals surface area (Å²) in [4.78, 5) is 2.33.